The van der Waals surface area contributed by atoms with Crippen molar-refractivity contribution in [2.75, 3.05) is 13.2 Å². The highest BCUT2D eigenvalue weighted by Crippen LogP contribution is 2.36. The standard InChI is InChI=1S/C28H33ClN2O4S/c1-18-15-21(16-19(2)27(18)29)35-14-6-9-24-23-8-5-4-7-20(23)17-25(24)28(33)30-13-12-26(32)31-36(3,34)22-10-11-22/h4-5,7-8,15-16,22H,3,6,9-14,17H2,1-2H3,(H,30,33)(H,31,32,34). The molecule has 6 nitrogen and oxygen atoms in total. The summed E-state index contributed by atoms with van der Waals surface area (Å²) in [4.78, 5) is 25.2. The van der Waals surface area contributed by atoms with E-state index in [0.29, 0.717) is 19.4 Å². The van der Waals surface area contributed by atoms with E-state index in [4.69, 9.17) is 16.3 Å². The van der Waals surface area contributed by atoms with Crippen LogP contribution in [-0.4, -0.2) is 40.3 Å². The van der Waals surface area contributed by atoms with Gasteiger partial charge in [0.25, 0.3) is 0 Å². The van der Waals surface area contributed by atoms with Crippen molar-refractivity contribution in [2.45, 2.75) is 57.6 Å². The number of ether oxygens (including phenoxy) is 1. The number of carbonyl (C=O) groups excluding carboxylic acids is 2. The molecule has 2 aromatic rings. The third kappa shape index (κ3) is 6.31. The Bertz CT molecular complexity index is 1290. The molecule has 0 heterocycles. The minimum absolute atomic E-state index is 0.0162. The Morgan fingerprint density at radius 2 is 1.86 bits per heavy atom. The molecule has 2 amide bonds. The molecule has 2 aliphatic rings. The van der Waals surface area contributed by atoms with Crippen molar-refractivity contribution < 1.29 is 18.5 Å². The molecule has 36 heavy (non-hydrogen) atoms. The van der Waals surface area contributed by atoms with E-state index < -0.39 is 9.71 Å². The van der Waals surface area contributed by atoms with Gasteiger partial charge in [0.2, 0.25) is 11.8 Å². The molecule has 192 valence electrons. The summed E-state index contributed by atoms with van der Waals surface area (Å²) in [6, 6.07) is 11.9. The van der Waals surface area contributed by atoms with E-state index in [2.05, 4.69) is 15.9 Å². The molecule has 0 saturated heterocycles. The van der Waals surface area contributed by atoms with Crippen molar-refractivity contribution in [2.24, 2.45) is 0 Å². The van der Waals surface area contributed by atoms with Crippen LogP contribution in [-0.2, 0) is 25.7 Å². The van der Waals surface area contributed by atoms with Crippen molar-refractivity contribution in [3.8, 4) is 5.75 Å². The number of amides is 2. The third-order valence-corrected chi connectivity index (χ3v) is 9.30. The molecule has 0 aliphatic heterocycles. The second-order valence-corrected chi connectivity index (χ2v) is 12.3. The molecule has 4 rings (SSSR count). The normalized spacial score (nSPS) is 16.3. The second kappa shape index (κ2) is 11.1. The first-order chi connectivity index (χ1) is 17.2. The molecule has 1 atom stereocenters. The summed E-state index contributed by atoms with van der Waals surface area (Å²) in [7, 11) is -2.58. The molecule has 2 aliphatic carbocycles. The van der Waals surface area contributed by atoms with E-state index in [0.717, 1.165) is 63.4 Å². The number of hydrogen-bond donors (Lipinski definition) is 2. The average Bonchev–Trinajstić information content (AvgIpc) is 3.63. The van der Waals surface area contributed by atoms with Crippen LogP contribution in [0.3, 0.4) is 0 Å². The molecule has 2 N–H and O–H groups in total. The van der Waals surface area contributed by atoms with Gasteiger partial charge in [-0.2, -0.15) is 0 Å². The largest absolute Gasteiger partial charge is 0.494 e. The maximum absolute atomic E-state index is 13.1. The van der Waals surface area contributed by atoms with Crippen molar-refractivity contribution in [3.05, 3.63) is 69.2 Å². The summed E-state index contributed by atoms with van der Waals surface area (Å²) in [5.41, 5.74) is 5.94. The predicted molar refractivity (Wildman–Crippen MR) is 147 cm³/mol. The molecule has 2 aromatic carbocycles. The molecule has 1 unspecified atom stereocenters. The molecule has 0 radical (unpaired) electrons. The SMILES string of the molecule is C=S(=O)(NC(=O)CCNC(=O)C1=C(CCCOc2cc(C)c(Cl)c(C)c2)c2ccccc2C1)C1CC1. The van der Waals surface area contributed by atoms with Crippen molar-refractivity contribution >= 4 is 44.6 Å². The van der Waals surface area contributed by atoms with Gasteiger partial charge < -0.3 is 10.1 Å². The summed E-state index contributed by atoms with van der Waals surface area (Å²) in [6.07, 6.45) is 3.75. The van der Waals surface area contributed by atoms with Gasteiger partial charge in [-0.25, -0.2) is 4.21 Å². The van der Waals surface area contributed by atoms with E-state index in [1.807, 2.05) is 50.2 Å². The van der Waals surface area contributed by atoms with Gasteiger partial charge in [-0.15, -0.1) is 0 Å². The van der Waals surface area contributed by atoms with Gasteiger partial charge in [0.15, 0.2) is 0 Å². The van der Waals surface area contributed by atoms with Crippen LogP contribution in [0.25, 0.3) is 5.57 Å². The first-order valence-electron chi connectivity index (χ1n) is 12.3. The zero-order valence-electron chi connectivity index (χ0n) is 20.8. The molecule has 1 fully saturated rings. The zero-order chi connectivity index (χ0) is 25.9. The highest BCUT2D eigenvalue weighted by Gasteiger charge is 2.32. The Hall–Kier alpha value is -2.77. The number of hydrogen-bond acceptors (Lipinski definition) is 4. The number of benzene rings is 2. The lowest BCUT2D eigenvalue weighted by atomic mass is 10.0. The fourth-order valence-corrected chi connectivity index (χ4v) is 6.19. The zero-order valence-corrected chi connectivity index (χ0v) is 22.4. The number of aryl methyl sites for hydroxylation is 2. The van der Waals surface area contributed by atoms with Gasteiger partial charge in [-0.1, -0.05) is 35.9 Å². The predicted octanol–water partition coefficient (Wildman–Crippen LogP) is 4.54. The van der Waals surface area contributed by atoms with Crippen LogP contribution < -0.4 is 14.8 Å². The van der Waals surface area contributed by atoms with Gasteiger partial charge in [0.1, 0.15) is 5.75 Å². The molecule has 8 heteroatoms. The van der Waals surface area contributed by atoms with Crippen LogP contribution >= 0.6 is 11.6 Å². The fourth-order valence-electron chi connectivity index (χ4n) is 4.53. The van der Waals surface area contributed by atoms with Gasteiger partial charge in [-0.05, 0) is 85.4 Å². The van der Waals surface area contributed by atoms with Crippen molar-refractivity contribution in [1.82, 2.24) is 10.0 Å². The Balaban J connectivity index is 1.34. The molecular formula is C28H33ClN2O4S. The number of nitrogens with one attached hydrogen (secondary N) is 2. The number of rotatable bonds is 11. The van der Waals surface area contributed by atoms with Crippen LogP contribution in [0.15, 0.2) is 42.0 Å². The van der Waals surface area contributed by atoms with Gasteiger partial charge >= 0.3 is 0 Å². The maximum Gasteiger partial charge on any atom is 0.247 e. The summed E-state index contributed by atoms with van der Waals surface area (Å²) in [6.45, 7) is 4.62. The van der Waals surface area contributed by atoms with E-state index >= 15 is 0 Å². The summed E-state index contributed by atoms with van der Waals surface area (Å²) in [5.74, 6) is 3.93. The Kier molecular flexibility index (Phi) is 8.10. The number of fused-ring (bicyclic) bond motifs is 1. The first kappa shape index (κ1) is 26.3. The lowest BCUT2D eigenvalue weighted by Crippen LogP contribution is -2.36. The van der Waals surface area contributed by atoms with Gasteiger partial charge in [0.05, 0.1) is 16.3 Å². The molecule has 0 spiro atoms. The van der Waals surface area contributed by atoms with Crippen LogP contribution in [0, 0.1) is 13.8 Å². The first-order valence-corrected chi connectivity index (χ1v) is 14.5. The Labute approximate surface area is 218 Å². The second-order valence-electron chi connectivity index (χ2n) is 9.57. The average molecular weight is 529 g/mol. The molecule has 0 aromatic heterocycles. The molecular weight excluding hydrogens is 496 g/mol. The van der Waals surface area contributed by atoms with E-state index in [1.54, 1.807) is 0 Å². The number of carbonyl (C=O) groups is 2. The fraction of sp³-hybridized carbons (Fsp3) is 0.393. The summed E-state index contributed by atoms with van der Waals surface area (Å²) >= 11 is 6.25. The van der Waals surface area contributed by atoms with E-state index in [1.165, 1.54) is 0 Å². The highest BCUT2D eigenvalue weighted by molar-refractivity contribution is 7.99. The highest BCUT2D eigenvalue weighted by atomic mass is 35.5. The van der Waals surface area contributed by atoms with Crippen LogP contribution in [0.2, 0.25) is 5.02 Å². The number of allylic oxidation sites excluding steroid dienone is 1. The Morgan fingerprint density at radius 1 is 1.17 bits per heavy atom. The lowest BCUT2D eigenvalue weighted by Gasteiger charge is -2.13. The minimum atomic E-state index is -2.58. The monoisotopic (exact) mass is 528 g/mol. The van der Waals surface area contributed by atoms with E-state index in [9.17, 15) is 13.8 Å². The Morgan fingerprint density at radius 3 is 2.56 bits per heavy atom. The summed E-state index contributed by atoms with van der Waals surface area (Å²) in [5, 5.41) is 3.61. The van der Waals surface area contributed by atoms with Gasteiger partial charge in [0, 0.05) is 35.2 Å². The molecule has 0 bridgehead atoms. The quantitative estimate of drug-likeness (QED) is 0.331. The van der Waals surface area contributed by atoms with Crippen molar-refractivity contribution in [3.63, 3.8) is 0 Å². The minimum Gasteiger partial charge on any atom is -0.494 e. The lowest BCUT2D eigenvalue weighted by molar-refractivity contribution is -0.119. The summed E-state index contributed by atoms with van der Waals surface area (Å²) < 4.78 is 20.8. The van der Waals surface area contributed by atoms with Crippen LogP contribution in [0.5, 0.6) is 5.75 Å². The van der Waals surface area contributed by atoms with E-state index in [-0.39, 0.29) is 30.0 Å². The number of halogens is 1. The van der Waals surface area contributed by atoms with Gasteiger partial charge in [-0.3, -0.25) is 14.3 Å². The van der Waals surface area contributed by atoms with Crippen LogP contribution in [0.1, 0.15) is 54.4 Å². The van der Waals surface area contributed by atoms with Crippen LogP contribution in [0.4, 0.5) is 0 Å². The van der Waals surface area contributed by atoms with Crippen molar-refractivity contribution in [1.29, 1.82) is 0 Å². The third-order valence-electron chi connectivity index (χ3n) is 6.58. The topological polar surface area (TPSA) is 84.5 Å². The smallest absolute Gasteiger partial charge is 0.247 e. The maximum atomic E-state index is 13.1. The molecule has 1 saturated carbocycles.